The summed E-state index contributed by atoms with van der Waals surface area (Å²) in [5.74, 6) is -0.867. The molecule has 3 amide bonds. The number of phenolic OH excluding ortho intramolecular Hbond substituents is 1. The predicted molar refractivity (Wildman–Crippen MR) is 94.5 cm³/mol. The fraction of sp³-hybridized carbons (Fsp3) is 0.105. The van der Waals surface area contributed by atoms with Crippen LogP contribution in [0.1, 0.15) is 22.8 Å². The van der Waals surface area contributed by atoms with Crippen LogP contribution < -0.4 is 10.2 Å². The lowest BCUT2D eigenvalue weighted by Gasteiger charge is -2.12. The van der Waals surface area contributed by atoms with Gasteiger partial charge in [-0.05, 0) is 55.0 Å². The number of hydrogen-bond acceptors (Lipinski definition) is 5. The van der Waals surface area contributed by atoms with Gasteiger partial charge >= 0.3 is 12.0 Å². The first-order chi connectivity index (χ1) is 12.5. The van der Waals surface area contributed by atoms with Gasteiger partial charge in [-0.1, -0.05) is 12.1 Å². The van der Waals surface area contributed by atoms with Gasteiger partial charge in [0.05, 0.1) is 17.9 Å². The van der Waals surface area contributed by atoms with E-state index in [0.29, 0.717) is 16.8 Å². The molecule has 1 saturated heterocycles. The molecule has 0 atom stereocenters. The number of imide groups is 1. The summed E-state index contributed by atoms with van der Waals surface area (Å²) in [5, 5.41) is 11.8. The summed E-state index contributed by atoms with van der Waals surface area (Å²) < 4.78 is 4.90. The van der Waals surface area contributed by atoms with E-state index >= 15 is 0 Å². The quantitative estimate of drug-likeness (QED) is 0.501. The Morgan fingerprint density at radius 3 is 2.38 bits per heavy atom. The molecule has 7 heteroatoms. The Morgan fingerprint density at radius 1 is 1.12 bits per heavy atom. The van der Waals surface area contributed by atoms with Crippen LogP contribution in [0.25, 0.3) is 6.08 Å². The van der Waals surface area contributed by atoms with E-state index < -0.39 is 17.9 Å². The highest BCUT2D eigenvalue weighted by Gasteiger charge is 2.34. The number of nitrogens with one attached hydrogen (secondary N) is 1. The molecule has 0 saturated carbocycles. The predicted octanol–water partition coefficient (Wildman–Crippen LogP) is 2.67. The first-order valence-electron chi connectivity index (χ1n) is 7.93. The van der Waals surface area contributed by atoms with Gasteiger partial charge < -0.3 is 15.2 Å². The van der Waals surface area contributed by atoms with Gasteiger partial charge in [-0.15, -0.1) is 0 Å². The van der Waals surface area contributed by atoms with Gasteiger partial charge in [0.25, 0.3) is 5.91 Å². The van der Waals surface area contributed by atoms with E-state index in [2.05, 4.69) is 5.32 Å². The number of hydrogen-bond donors (Lipinski definition) is 2. The van der Waals surface area contributed by atoms with Crippen molar-refractivity contribution in [2.24, 2.45) is 0 Å². The van der Waals surface area contributed by atoms with Crippen LogP contribution in [0, 0.1) is 0 Å². The summed E-state index contributed by atoms with van der Waals surface area (Å²) in [5.41, 5.74) is 1.46. The van der Waals surface area contributed by atoms with Crippen LogP contribution in [0.4, 0.5) is 10.5 Å². The highest BCUT2D eigenvalue weighted by Crippen LogP contribution is 2.23. The van der Waals surface area contributed by atoms with E-state index in [4.69, 9.17) is 4.74 Å². The van der Waals surface area contributed by atoms with Crippen molar-refractivity contribution in [2.45, 2.75) is 6.92 Å². The second-order valence-corrected chi connectivity index (χ2v) is 5.49. The molecule has 3 rings (SSSR count). The van der Waals surface area contributed by atoms with Crippen molar-refractivity contribution in [3.8, 4) is 5.75 Å². The maximum atomic E-state index is 12.5. The van der Waals surface area contributed by atoms with Crippen molar-refractivity contribution in [1.29, 1.82) is 0 Å². The lowest BCUT2D eigenvalue weighted by molar-refractivity contribution is -0.113. The summed E-state index contributed by atoms with van der Waals surface area (Å²) >= 11 is 0. The molecule has 0 unspecified atom stereocenters. The number of benzene rings is 2. The number of ether oxygens (including phenoxy) is 1. The normalized spacial score (nSPS) is 15.3. The Bertz CT molecular complexity index is 885. The van der Waals surface area contributed by atoms with E-state index in [9.17, 15) is 19.5 Å². The molecule has 0 aromatic heterocycles. The Morgan fingerprint density at radius 2 is 1.77 bits per heavy atom. The van der Waals surface area contributed by atoms with Crippen LogP contribution in [0.5, 0.6) is 5.75 Å². The first kappa shape index (κ1) is 17.2. The first-order valence-corrected chi connectivity index (χ1v) is 7.93. The van der Waals surface area contributed by atoms with E-state index in [-0.39, 0.29) is 18.1 Å². The third-order valence-electron chi connectivity index (χ3n) is 3.72. The molecule has 132 valence electrons. The Labute approximate surface area is 149 Å². The fourth-order valence-corrected chi connectivity index (χ4v) is 2.47. The van der Waals surface area contributed by atoms with Gasteiger partial charge in [-0.25, -0.2) is 14.5 Å². The van der Waals surface area contributed by atoms with Crippen LogP contribution in [-0.2, 0) is 9.53 Å². The summed E-state index contributed by atoms with van der Waals surface area (Å²) in [6.45, 7) is 1.97. The molecule has 1 aliphatic heterocycles. The monoisotopic (exact) mass is 352 g/mol. The second kappa shape index (κ2) is 7.10. The van der Waals surface area contributed by atoms with Gasteiger partial charge in [0.15, 0.2) is 0 Å². The SMILES string of the molecule is CCOC(=O)c1ccc(N2C(=O)N/C(=C\c3ccc(O)cc3)C2=O)cc1. The average Bonchev–Trinajstić information content (AvgIpc) is 2.91. The molecule has 7 nitrogen and oxygen atoms in total. The summed E-state index contributed by atoms with van der Waals surface area (Å²) in [6, 6.07) is 11.6. The largest absolute Gasteiger partial charge is 0.508 e. The lowest BCUT2D eigenvalue weighted by atomic mass is 10.1. The van der Waals surface area contributed by atoms with Gasteiger partial charge in [-0.3, -0.25) is 4.79 Å². The van der Waals surface area contributed by atoms with Crippen LogP contribution in [-0.4, -0.2) is 29.6 Å². The molecule has 1 heterocycles. The summed E-state index contributed by atoms with van der Waals surface area (Å²) in [4.78, 5) is 37.4. The molecule has 0 spiro atoms. The number of carbonyl (C=O) groups is 3. The molecule has 1 aliphatic rings. The van der Waals surface area contributed by atoms with Crippen molar-refractivity contribution in [2.75, 3.05) is 11.5 Å². The van der Waals surface area contributed by atoms with Crippen LogP contribution >= 0.6 is 0 Å². The molecule has 0 radical (unpaired) electrons. The molecule has 1 fully saturated rings. The maximum absolute atomic E-state index is 12.5. The zero-order valence-electron chi connectivity index (χ0n) is 13.9. The third kappa shape index (κ3) is 3.41. The molecule has 2 N–H and O–H groups in total. The molecule has 2 aromatic rings. The van der Waals surface area contributed by atoms with Crippen molar-refractivity contribution < 1.29 is 24.2 Å². The van der Waals surface area contributed by atoms with Crippen LogP contribution in [0.3, 0.4) is 0 Å². The molecular weight excluding hydrogens is 336 g/mol. The number of urea groups is 1. The number of carbonyl (C=O) groups excluding carboxylic acids is 3. The number of phenols is 1. The van der Waals surface area contributed by atoms with Gasteiger partial charge in [0.1, 0.15) is 11.4 Å². The third-order valence-corrected chi connectivity index (χ3v) is 3.72. The van der Waals surface area contributed by atoms with Crippen molar-refractivity contribution in [3.05, 3.63) is 65.4 Å². The number of nitrogens with zero attached hydrogens (tertiary/aromatic N) is 1. The Kier molecular flexibility index (Phi) is 4.70. The standard InChI is InChI=1S/C19H16N2O5/c1-2-26-18(24)13-5-7-14(8-6-13)21-17(23)16(20-19(21)25)11-12-3-9-15(22)10-4-12/h3-11,22H,2H2,1H3,(H,20,25)/b16-11-. The minimum atomic E-state index is -0.580. The highest BCUT2D eigenvalue weighted by molar-refractivity contribution is 6.28. The molecule has 0 bridgehead atoms. The zero-order chi connectivity index (χ0) is 18.7. The number of anilines is 1. The van der Waals surface area contributed by atoms with Gasteiger partial charge in [0.2, 0.25) is 0 Å². The highest BCUT2D eigenvalue weighted by atomic mass is 16.5. The minimum absolute atomic E-state index is 0.109. The summed E-state index contributed by atoms with van der Waals surface area (Å²) in [6.07, 6.45) is 1.52. The van der Waals surface area contributed by atoms with E-state index in [1.54, 1.807) is 19.1 Å². The average molecular weight is 352 g/mol. The Hall–Kier alpha value is -3.61. The van der Waals surface area contributed by atoms with Crippen molar-refractivity contribution in [1.82, 2.24) is 5.32 Å². The molecule has 26 heavy (non-hydrogen) atoms. The number of aromatic hydroxyl groups is 1. The van der Waals surface area contributed by atoms with E-state index in [0.717, 1.165) is 4.90 Å². The molecular formula is C19H16N2O5. The lowest BCUT2D eigenvalue weighted by Crippen LogP contribution is -2.30. The van der Waals surface area contributed by atoms with Crippen LogP contribution in [0.15, 0.2) is 54.2 Å². The van der Waals surface area contributed by atoms with E-state index in [1.165, 1.54) is 42.5 Å². The van der Waals surface area contributed by atoms with E-state index in [1.807, 2.05) is 0 Å². The van der Waals surface area contributed by atoms with Crippen molar-refractivity contribution in [3.63, 3.8) is 0 Å². The second-order valence-electron chi connectivity index (χ2n) is 5.49. The minimum Gasteiger partial charge on any atom is -0.508 e. The summed E-state index contributed by atoms with van der Waals surface area (Å²) in [7, 11) is 0. The zero-order valence-corrected chi connectivity index (χ0v) is 13.9. The Balaban J connectivity index is 1.83. The number of rotatable bonds is 4. The fourth-order valence-electron chi connectivity index (χ4n) is 2.47. The van der Waals surface area contributed by atoms with Crippen LogP contribution in [0.2, 0.25) is 0 Å². The smallest absolute Gasteiger partial charge is 0.338 e. The maximum Gasteiger partial charge on any atom is 0.338 e. The number of amides is 3. The van der Waals surface area contributed by atoms with Crippen molar-refractivity contribution >= 4 is 29.7 Å². The molecule has 2 aromatic carbocycles. The van der Waals surface area contributed by atoms with Gasteiger partial charge in [0, 0.05) is 0 Å². The van der Waals surface area contributed by atoms with Gasteiger partial charge in [-0.2, -0.15) is 0 Å². The molecule has 0 aliphatic carbocycles. The topological polar surface area (TPSA) is 95.9 Å². The number of esters is 1.